The number of ether oxygens (including phenoxy) is 1. The van der Waals surface area contributed by atoms with Crippen molar-refractivity contribution >= 4 is 17.7 Å². The van der Waals surface area contributed by atoms with Gasteiger partial charge in [0.2, 0.25) is 5.95 Å². The third-order valence-corrected chi connectivity index (χ3v) is 5.03. The zero-order valence-electron chi connectivity index (χ0n) is 17.9. The van der Waals surface area contributed by atoms with E-state index in [-0.39, 0.29) is 25.0 Å². The third kappa shape index (κ3) is 6.59. The maximum absolute atomic E-state index is 11.0. The molecule has 0 radical (unpaired) electrons. The number of anilines is 2. The maximum atomic E-state index is 11.0. The summed E-state index contributed by atoms with van der Waals surface area (Å²) in [5.41, 5.74) is 9.14. The normalized spacial score (nSPS) is 11.9. The van der Waals surface area contributed by atoms with Crippen molar-refractivity contribution in [1.29, 1.82) is 0 Å². The first kappa shape index (κ1) is 23.4. The zero-order valence-corrected chi connectivity index (χ0v) is 17.9. The van der Waals surface area contributed by atoms with Gasteiger partial charge >= 0.3 is 5.97 Å². The summed E-state index contributed by atoms with van der Waals surface area (Å²) in [7, 11) is 1.57. The van der Waals surface area contributed by atoms with Gasteiger partial charge < -0.3 is 26.0 Å². The van der Waals surface area contributed by atoms with Crippen molar-refractivity contribution in [3.63, 3.8) is 0 Å². The molecule has 5 N–H and O–H groups in total. The lowest BCUT2D eigenvalue weighted by atomic mass is 9.99. The fraction of sp³-hybridized carbons (Fsp3) is 0.500. The Morgan fingerprint density at radius 3 is 2.70 bits per heavy atom. The van der Waals surface area contributed by atoms with Crippen LogP contribution in [-0.4, -0.2) is 45.9 Å². The highest BCUT2D eigenvalue weighted by atomic mass is 16.5. The Hall–Kier alpha value is -2.87. The average Bonchev–Trinajstić information content (AvgIpc) is 2.69. The van der Waals surface area contributed by atoms with Crippen LogP contribution in [0.25, 0.3) is 0 Å². The molecule has 0 saturated heterocycles. The van der Waals surface area contributed by atoms with Crippen LogP contribution >= 0.6 is 0 Å². The Balaban J connectivity index is 2.36. The number of rotatable bonds is 12. The van der Waals surface area contributed by atoms with Crippen LogP contribution in [0.1, 0.15) is 55.0 Å². The van der Waals surface area contributed by atoms with Gasteiger partial charge in [-0.2, -0.15) is 4.98 Å². The molecule has 0 spiro atoms. The fourth-order valence-corrected chi connectivity index (χ4v) is 3.45. The number of carbonyl (C=O) groups is 1. The molecule has 1 unspecified atom stereocenters. The van der Waals surface area contributed by atoms with Crippen LogP contribution in [0.2, 0.25) is 0 Å². The van der Waals surface area contributed by atoms with Gasteiger partial charge in [-0.15, -0.1) is 0 Å². The van der Waals surface area contributed by atoms with Crippen LogP contribution in [0.5, 0.6) is 5.75 Å². The molecule has 0 saturated carbocycles. The number of carboxylic acids is 1. The van der Waals surface area contributed by atoms with Crippen molar-refractivity contribution in [2.45, 2.75) is 58.4 Å². The highest BCUT2D eigenvalue weighted by Gasteiger charge is 2.17. The van der Waals surface area contributed by atoms with Crippen molar-refractivity contribution in [2.75, 3.05) is 24.8 Å². The number of nitrogen functional groups attached to an aromatic ring is 1. The largest absolute Gasteiger partial charge is 0.496 e. The minimum atomic E-state index is -0.888. The molecule has 0 aliphatic rings. The number of hydrogen-bond acceptors (Lipinski definition) is 7. The molecule has 2 rings (SSSR count). The minimum Gasteiger partial charge on any atom is -0.496 e. The predicted octanol–water partition coefficient (Wildman–Crippen LogP) is 2.95. The lowest BCUT2D eigenvalue weighted by molar-refractivity contribution is -0.136. The van der Waals surface area contributed by atoms with E-state index in [9.17, 15) is 9.90 Å². The average molecular weight is 417 g/mol. The van der Waals surface area contributed by atoms with Crippen LogP contribution < -0.4 is 15.8 Å². The number of benzene rings is 1. The second kappa shape index (κ2) is 11.3. The molecular formula is C22H32N4O4. The standard InChI is InChI=1S/C22H32N4O4/c1-4-5-6-17(9-10-27)25-21-18(14(2)24-22(23)26-21)13-16-8-7-15(12-20(28)29)11-19(16)30-3/h7-8,11,17,27H,4-6,9-10,12-13H2,1-3H3,(H,28,29)(H3,23,24,25,26). The van der Waals surface area contributed by atoms with E-state index in [0.29, 0.717) is 30.0 Å². The van der Waals surface area contributed by atoms with Crippen molar-refractivity contribution in [3.05, 3.63) is 40.6 Å². The fourth-order valence-electron chi connectivity index (χ4n) is 3.45. The van der Waals surface area contributed by atoms with Crippen molar-refractivity contribution < 1.29 is 19.7 Å². The molecule has 30 heavy (non-hydrogen) atoms. The summed E-state index contributed by atoms with van der Waals surface area (Å²) in [6.07, 6.45) is 4.10. The van der Waals surface area contributed by atoms with E-state index in [1.54, 1.807) is 19.2 Å². The van der Waals surface area contributed by atoms with E-state index >= 15 is 0 Å². The summed E-state index contributed by atoms with van der Waals surface area (Å²) < 4.78 is 5.50. The van der Waals surface area contributed by atoms with Gasteiger partial charge in [-0.25, -0.2) is 4.98 Å². The summed E-state index contributed by atoms with van der Waals surface area (Å²) >= 11 is 0. The molecule has 2 aromatic rings. The highest BCUT2D eigenvalue weighted by Crippen LogP contribution is 2.28. The highest BCUT2D eigenvalue weighted by molar-refractivity contribution is 5.70. The van der Waals surface area contributed by atoms with Gasteiger partial charge in [-0.1, -0.05) is 31.9 Å². The Morgan fingerprint density at radius 2 is 2.07 bits per heavy atom. The van der Waals surface area contributed by atoms with Crippen molar-refractivity contribution in [2.24, 2.45) is 0 Å². The predicted molar refractivity (Wildman–Crippen MR) is 117 cm³/mol. The Bertz CT molecular complexity index is 857. The number of nitrogens with one attached hydrogen (secondary N) is 1. The van der Waals surface area contributed by atoms with E-state index in [0.717, 1.165) is 36.1 Å². The van der Waals surface area contributed by atoms with Gasteiger partial charge in [0.1, 0.15) is 11.6 Å². The van der Waals surface area contributed by atoms with Crippen LogP contribution in [0.3, 0.4) is 0 Å². The van der Waals surface area contributed by atoms with Crippen LogP contribution in [-0.2, 0) is 17.6 Å². The molecular weight excluding hydrogens is 384 g/mol. The summed E-state index contributed by atoms with van der Waals surface area (Å²) in [4.78, 5) is 19.7. The number of carboxylic acid groups (broad SMARTS) is 1. The molecule has 1 heterocycles. The number of nitrogens with zero attached hydrogens (tertiary/aromatic N) is 2. The first-order chi connectivity index (χ1) is 14.4. The smallest absolute Gasteiger partial charge is 0.307 e. The van der Waals surface area contributed by atoms with Gasteiger partial charge in [0.05, 0.1) is 13.5 Å². The van der Waals surface area contributed by atoms with Gasteiger partial charge in [0.25, 0.3) is 0 Å². The summed E-state index contributed by atoms with van der Waals surface area (Å²) in [6.45, 7) is 4.11. The van der Waals surface area contributed by atoms with E-state index in [1.807, 2.05) is 13.0 Å². The molecule has 8 heteroatoms. The molecule has 1 aromatic heterocycles. The number of aliphatic hydroxyl groups is 1. The monoisotopic (exact) mass is 416 g/mol. The number of hydrogen-bond donors (Lipinski definition) is 4. The van der Waals surface area contributed by atoms with Gasteiger partial charge in [0.15, 0.2) is 0 Å². The molecule has 1 aromatic carbocycles. The van der Waals surface area contributed by atoms with E-state index in [4.69, 9.17) is 15.6 Å². The Morgan fingerprint density at radius 1 is 1.30 bits per heavy atom. The van der Waals surface area contributed by atoms with E-state index < -0.39 is 5.97 Å². The number of aliphatic hydroxyl groups excluding tert-OH is 1. The quantitative estimate of drug-likeness (QED) is 0.415. The number of methoxy groups -OCH3 is 1. The second-order valence-electron chi connectivity index (χ2n) is 7.38. The first-order valence-corrected chi connectivity index (χ1v) is 10.3. The van der Waals surface area contributed by atoms with Crippen LogP contribution in [0, 0.1) is 6.92 Å². The molecule has 0 fully saturated rings. The molecule has 8 nitrogen and oxygen atoms in total. The minimum absolute atomic E-state index is 0.0618. The van der Waals surface area contributed by atoms with Gasteiger partial charge in [0, 0.05) is 30.3 Å². The number of unbranched alkanes of at least 4 members (excludes halogenated alkanes) is 1. The van der Waals surface area contributed by atoms with E-state index in [2.05, 4.69) is 22.2 Å². The Labute approximate surface area is 177 Å². The van der Waals surface area contributed by atoms with Gasteiger partial charge in [-0.3, -0.25) is 4.79 Å². The van der Waals surface area contributed by atoms with Crippen molar-refractivity contribution in [3.8, 4) is 5.75 Å². The molecule has 164 valence electrons. The zero-order chi connectivity index (χ0) is 22.1. The molecule has 0 aliphatic carbocycles. The summed E-state index contributed by atoms with van der Waals surface area (Å²) in [5.74, 6) is 0.585. The molecule has 0 bridgehead atoms. The summed E-state index contributed by atoms with van der Waals surface area (Å²) in [5, 5.41) is 21.9. The summed E-state index contributed by atoms with van der Waals surface area (Å²) in [6, 6.07) is 5.50. The number of aromatic nitrogens is 2. The number of nitrogens with two attached hydrogens (primary N) is 1. The Kier molecular flexibility index (Phi) is 8.86. The van der Waals surface area contributed by atoms with Crippen LogP contribution in [0.4, 0.5) is 11.8 Å². The first-order valence-electron chi connectivity index (χ1n) is 10.3. The van der Waals surface area contributed by atoms with E-state index in [1.165, 1.54) is 0 Å². The third-order valence-electron chi connectivity index (χ3n) is 5.03. The van der Waals surface area contributed by atoms with Gasteiger partial charge in [-0.05, 0) is 37.0 Å². The number of aryl methyl sites for hydroxylation is 1. The number of aliphatic carboxylic acids is 1. The van der Waals surface area contributed by atoms with Crippen molar-refractivity contribution in [1.82, 2.24) is 9.97 Å². The molecule has 0 amide bonds. The lowest BCUT2D eigenvalue weighted by Gasteiger charge is -2.22. The molecule has 0 aliphatic heterocycles. The SMILES string of the molecule is CCCCC(CCO)Nc1nc(N)nc(C)c1Cc1ccc(CC(=O)O)cc1OC. The topological polar surface area (TPSA) is 131 Å². The lowest BCUT2D eigenvalue weighted by Crippen LogP contribution is -2.23. The molecule has 1 atom stereocenters. The van der Waals surface area contributed by atoms with Crippen LogP contribution in [0.15, 0.2) is 18.2 Å². The maximum Gasteiger partial charge on any atom is 0.307 e. The second-order valence-corrected chi connectivity index (χ2v) is 7.38.